The van der Waals surface area contributed by atoms with Gasteiger partial charge in [-0.2, -0.15) is 0 Å². The smallest absolute Gasteiger partial charge is 0.227 e. The fraction of sp³-hybridized carbons (Fsp3) is 0.333. The topological polar surface area (TPSA) is 79.4 Å². The third-order valence-corrected chi connectivity index (χ3v) is 6.51. The molecule has 2 heterocycles. The second-order valence-electron chi connectivity index (χ2n) is 6.29. The van der Waals surface area contributed by atoms with Crippen LogP contribution in [0.5, 0.6) is 0 Å². The molecule has 0 aliphatic carbocycles. The molecule has 0 unspecified atom stereocenters. The largest absolute Gasteiger partial charge is 0.324 e. The molecule has 1 N–H and O–H groups in total. The number of nitrogens with zero attached hydrogens (tertiary/aromatic N) is 2. The third kappa shape index (κ3) is 4.81. The minimum absolute atomic E-state index is 0.0588. The first-order chi connectivity index (χ1) is 12.4. The molecule has 2 aromatic rings. The van der Waals surface area contributed by atoms with Crippen molar-refractivity contribution in [1.82, 2.24) is 9.29 Å². The van der Waals surface area contributed by atoms with Crippen LogP contribution in [0, 0.1) is 5.92 Å². The Morgan fingerprint density at radius 3 is 2.50 bits per heavy atom. The second-order valence-corrected chi connectivity index (χ2v) is 8.69. The van der Waals surface area contributed by atoms with Gasteiger partial charge in [0, 0.05) is 30.2 Å². The highest BCUT2D eigenvalue weighted by Gasteiger charge is 2.31. The van der Waals surface area contributed by atoms with Crippen molar-refractivity contribution in [3.05, 3.63) is 59.4 Å². The Bertz CT molecular complexity index is 849. The van der Waals surface area contributed by atoms with Crippen molar-refractivity contribution in [3.63, 3.8) is 0 Å². The molecule has 8 heteroatoms. The number of piperidine rings is 1. The monoisotopic (exact) mass is 393 g/mol. The zero-order chi connectivity index (χ0) is 18.6. The summed E-state index contributed by atoms with van der Waals surface area (Å²) in [4.78, 5) is 16.3. The molecular formula is C18H20ClN3O3S. The molecule has 1 aromatic carbocycles. The first-order valence-corrected chi connectivity index (χ1v) is 10.4. The number of anilines is 1. The Morgan fingerprint density at radius 1 is 1.19 bits per heavy atom. The number of hydrogen-bond donors (Lipinski definition) is 1. The lowest BCUT2D eigenvalue weighted by atomic mass is 9.97. The van der Waals surface area contributed by atoms with Gasteiger partial charge in [-0.05, 0) is 42.7 Å². The van der Waals surface area contributed by atoms with Gasteiger partial charge in [-0.1, -0.05) is 23.7 Å². The number of halogens is 1. The van der Waals surface area contributed by atoms with Crippen LogP contribution < -0.4 is 5.32 Å². The Hall–Kier alpha value is -1.96. The minimum Gasteiger partial charge on any atom is -0.324 e. The van der Waals surface area contributed by atoms with Crippen molar-refractivity contribution in [3.8, 4) is 0 Å². The summed E-state index contributed by atoms with van der Waals surface area (Å²) in [5.74, 6) is -0.346. The summed E-state index contributed by atoms with van der Waals surface area (Å²) in [6.07, 6.45) is 4.24. The number of carbonyl (C=O) groups excluding carboxylic acids is 1. The molecule has 1 aliphatic heterocycles. The van der Waals surface area contributed by atoms with E-state index in [2.05, 4.69) is 10.3 Å². The number of sulfonamides is 1. The molecule has 0 radical (unpaired) electrons. The van der Waals surface area contributed by atoms with Gasteiger partial charge >= 0.3 is 0 Å². The predicted molar refractivity (Wildman–Crippen MR) is 101 cm³/mol. The number of pyridine rings is 1. The normalized spacial score (nSPS) is 16.3. The number of carbonyl (C=O) groups is 1. The molecule has 1 aliphatic rings. The van der Waals surface area contributed by atoms with Gasteiger partial charge < -0.3 is 5.32 Å². The molecule has 1 fully saturated rings. The van der Waals surface area contributed by atoms with E-state index in [1.165, 1.54) is 4.31 Å². The van der Waals surface area contributed by atoms with Crippen molar-refractivity contribution in [1.29, 1.82) is 0 Å². The summed E-state index contributed by atoms with van der Waals surface area (Å²) in [6, 6.07) is 10.3. The maximum atomic E-state index is 12.6. The van der Waals surface area contributed by atoms with E-state index < -0.39 is 10.0 Å². The Morgan fingerprint density at radius 2 is 1.88 bits per heavy atom. The van der Waals surface area contributed by atoms with E-state index in [0.29, 0.717) is 42.2 Å². The van der Waals surface area contributed by atoms with Gasteiger partial charge in [0.15, 0.2) is 0 Å². The van der Waals surface area contributed by atoms with Crippen LogP contribution in [0.2, 0.25) is 5.02 Å². The highest BCUT2D eigenvalue weighted by molar-refractivity contribution is 7.88. The Kier molecular flexibility index (Phi) is 5.90. The van der Waals surface area contributed by atoms with Crippen LogP contribution >= 0.6 is 11.6 Å². The number of aromatic nitrogens is 1. The average Bonchev–Trinajstić information content (AvgIpc) is 2.64. The summed E-state index contributed by atoms with van der Waals surface area (Å²) in [7, 11) is -3.41. The van der Waals surface area contributed by atoms with Gasteiger partial charge in [0.1, 0.15) is 0 Å². The molecule has 138 valence electrons. The predicted octanol–water partition coefficient (Wildman–Crippen LogP) is 2.92. The van der Waals surface area contributed by atoms with Gasteiger partial charge in [0.05, 0.1) is 17.6 Å². The van der Waals surface area contributed by atoms with Crippen LogP contribution in [0.15, 0.2) is 48.8 Å². The molecule has 0 spiro atoms. The summed E-state index contributed by atoms with van der Waals surface area (Å²) in [5, 5.41) is 3.40. The summed E-state index contributed by atoms with van der Waals surface area (Å²) in [5.41, 5.74) is 1.35. The fourth-order valence-corrected chi connectivity index (χ4v) is 4.65. The SMILES string of the molecule is O=C(Nc1cccnc1)C1CCN(S(=O)(=O)Cc2ccc(Cl)cc2)CC1. The molecule has 6 nitrogen and oxygen atoms in total. The minimum atomic E-state index is -3.41. The number of nitrogens with one attached hydrogen (secondary N) is 1. The van der Waals surface area contributed by atoms with E-state index in [-0.39, 0.29) is 17.6 Å². The lowest BCUT2D eigenvalue weighted by Crippen LogP contribution is -2.41. The molecule has 0 saturated carbocycles. The van der Waals surface area contributed by atoms with Crippen molar-refractivity contribution in [2.24, 2.45) is 5.92 Å². The molecule has 1 saturated heterocycles. The van der Waals surface area contributed by atoms with Gasteiger partial charge in [-0.3, -0.25) is 9.78 Å². The number of benzene rings is 1. The Balaban J connectivity index is 1.55. The van der Waals surface area contributed by atoms with Gasteiger partial charge in [-0.15, -0.1) is 0 Å². The zero-order valence-corrected chi connectivity index (χ0v) is 15.7. The van der Waals surface area contributed by atoms with Crippen molar-refractivity contribution in [2.45, 2.75) is 18.6 Å². The summed E-state index contributed by atoms with van der Waals surface area (Å²) >= 11 is 5.83. The van der Waals surface area contributed by atoms with E-state index >= 15 is 0 Å². The summed E-state index contributed by atoms with van der Waals surface area (Å²) in [6.45, 7) is 0.697. The van der Waals surface area contributed by atoms with E-state index in [0.717, 1.165) is 0 Å². The maximum absolute atomic E-state index is 12.6. The first-order valence-electron chi connectivity index (χ1n) is 8.37. The molecule has 26 heavy (non-hydrogen) atoms. The van der Waals surface area contributed by atoms with Crippen LogP contribution in [0.3, 0.4) is 0 Å². The van der Waals surface area contributed by atoms with Gasteiger partial charge in [0.2, 0.25) is 15.9 Å². The van der Waals surface area contributed by atoms with Crippen molar-refractivity contribution < 1.29 is 13.2 Å². The van der Waals surface area contributed by atoms with Crippen molar-refractivity contribution in [2.75, 3.05) is 18.4 Å². The van der Waals surface area contributed by atoms with Crippen LogP contribution in [0.4, 0.5) is 5.69 Å². The average molecular weight is 394 g/mol. The van der Waals surface area contributed by atoms with E-state index in [4.69, 9.17) is 11.6 Å². The number of hydrogen-bond acceptors (Lipinski definition) is 4. The maximum Gasteiger partial charge on any atom is 0.227 e. The van der Waals surface area contributed by atoms with E-state index in [1.54, 1.807) is 48.8 Å². The Labute approximate surface area is 158 Å². The van der Waals surface area contributed by atoms with Gasteiger partial charge in [0.25, 0.3) is 0 Å². The fourth-order valence-electron chi connectivity index (χ4n) is 2.96. The first kappa shape index (κ1) is 18.8. The highest BCUT2D eigenvalue weighted by atomic mass is 35.5. The third-order valence-electron chi connectivity index (χ3n) is 4.41. The van der Waals surface area contributed by atoms with Crippen LogP contribution in [-0.4, -0.2) is 36.7 Å². The lowest BCUT2D eigenvalue weighted by molar-refractivity contribution is -0.120. The van der Waals surface area contributed by atoms with E-state index in [1.807, 2.05) is 0 Å². The van der Waals surface area contributed by atoms with Crippen LogP contribution in [0.1, 0.15) is 18.4 Å². The molecular weight excluding hydrogens is 374 g/mol. The van der Waals surface area contributed by atoms with E-state index in [9.17, 15) is 13.2 Å². The number of amides is 1. The second kappa shape index (κ2) is 8.16. The molecule has 1 aromatic heterocycles. The number of rotatable bonds is 5. The van der Waals surface area contributed by atoms with Gasteiger partial charge in [-0.25, -0.2) is 12.7 Å². The quantitative estimate of drug-likeness (QED) is 0.847. The highest BCUT2D eigenvalue weighted by Crippen LogP contribution is 2.23. The van der Waals surface area contributed by atoms with Crippen LogP contribution in [0.25, 0.3) is 0 Å². The molecule has 3 rings (SSSR count). The van der Waals surface area contributed by atoms with Crippen molar-refractivity contribution >= 4 is 33.2 Å². The standard InChI is InChI=1S/C18H20ClN3O3S/c19-16-5-3-14(4-6-16)13-26(24,25)22-10-7-15(8-11-22)18(23)21-17-2-1-9-20-12-17/h1-6,9,12,15H,7-8,10-11,13H2,(H,21,23). The molecule has 0 bridgehead atoms. The van der Waals surface area contributed by atoms with Crippen LogP contribution in [-0.2, 0) is 20.6 Å². The zero-order valence-electron chi connectivity index (χ0n) is 14.1. The molecule has 1 amide bonds. The molecule has 0 atom stereocenters. The summed E-state index contributed by atoms with van der Waals surface area (Å²) < 4.78 is 26.7. The lowest BCUT2D eigenvalue weighted by Gasteiger charge is -2.30.